The summed E-state index contributed by atoms with van der Waals surface area (Å²) in [7, 11) is 0. The number of ether oxygens (including phenoxy) is 2. The summed E-state index contributed by atoms with van der Waals surface area (Å²) >= 11 is 0. The Morgan fingerprint density at radius 1 is 1.24 bits per heavy atom. The van der Waals surface area contributed by atoms with Gasteiger partial charge in [0.15, 0.2) is 6.61 Å². The van der Waals surface area contributed by atoms with Crippen molar-refractivity contribution in [2.24, 2.45) is 5.92 Å². The van der Waals surface area contributed by atoms with E-state index in [4.69, 9.17) is 13.9 Å². The standard InChI is InChI=1S/C20H25NO4/c22-20(21-11-14-4-3-9-23-12-14)13-24-15-7-8-19-17(10-15)16-5-1-2-6-18(16)25-19/h7-8,10,14H,1-6,9,11-13H2,(H,21,22). The number of furan rings is 1. The molecule has 1 atom stereocenters. The van der Waals surface area contributed by atoms with Gasteiger partial charge in [-0.1, -0.05) is 0 Å². The van der Waals surface area contributed by atoms with Crippen LogP contribution in [-0.4, -0.2) is 32.3 Å². The molecule has 1 saturated heterocycles. The average molecular weight is 343 g/mol. The first kappa shape index (κ1) is 16.5. The fourth-order valence-electron chi connectivity index (χ4n) is 3.76. The summed E-state index contributed by atoms with van der Waals surface area (Å²) in [5, 5.41) is 4.07. The minimum Gasteiger partial charge on any atom is -0.484 e. The van der Waals surface area contributed by atoms with Crippen molar-refractivity contribution in [3.05, 3.63) is 29.5 Å². The number of aryl methyl sites for hydroxylation is 2. The number of nitrogens with one attached hydrogen (secondary N) is 1. The van der Waals surface area contributed by atoms with Gasteiger partial charge in [-0.15, -0.1) is 0 Å². The Bertz CT molecular complexity index is 745. The maximum Gasteiger partial charge on any atom is 0.257 e. The molecule has 1 aromatic heterocycles. The van der Waals surface area contributed by atoms with Gasteiger partial charge < -0.3 is 19.2 Å². The van der Waals surface area contributed by atoms with Gasteiger partial charge in [0.1, 0.15) is 17.1 Å². The second-order valence-corrected chi connectivity index (χ2v) is 7.04. The molecule has 0 radical (unpaired) electrons. The molecule has 25 heavy (non-hydrogen) atoms. The first-order chi connectivity index (χ1) is 12.3. The van der Waals surface area contributed by atoms with Crippen LogP contribution in [0.5, 0.6) is 5.75 Å². The highest BCUT2D eigenvalue weighted by atomic mass is 16.5. The third kappa shape index (κ3) is 3.82. The average Bonchev–Trinajstić information content (AvgIpc) is 3.03. The van der Waals surface area contributed by atoms with E-state index in [1.807, 2.05) is 18.2 Å². The molecule has 1 amide bonds. The van der Waals surface area contributed by atoms with Crippen LogP contribution < -0.4 is 10.1 Å². The van der Waals surface area contributed by atoms with Gasteiger partial charge in [-0.3, -0.25) is 4.79 Å². The highest BCUT2D eigenvalue weighted by Gasteiger charge is 2.18. The molecule has 1 fully saturated rings. The van der Waals surface area contributed by atoms with E-state index >= 15 is 0 Å². The minimum absolute atomic E-state index is 0.0408. The lowest BCUT2D eigenvalue weighted by Crippen LogP contribution is -2.35. The van der Waals surface area contributed by atoms with Gasteiger partial charge in [0.05, 0.1) is 6.61 Å². The number of amides is 1. The van der Waals surface area contributed by atoms with E-state index in [2.05, 4.69) is 5.32 Å². The lowest BCUT2D eigenvalue weighted by Gasteiger charge is -2.22. The fraction of sp³-hybridized carbons (Fsp3) is 0.550. The normalized spacial score (nSPS) is 20.2. The number of benzene rings is 1. The number of rotatable bonds is 5. The van der Waals surface area contributed by atoms with Crippen molar-refractivity contribution in [2.45, 2.75) is 38.5 Å². The number of fused-ring (bicyclic) bond motifs is 3. The molecule has 4 rings (SSSR count). The van der Waals surface area contributed by atoms with Crippen LogP contribution in [0.4, 0.5) is 0 Å². The van der Waals surface area contributed by atoms with E-state index in [1.54, 1.807) is 0 Å². The molecule has 5 heteroatoms. The predicted molar refractivity (Wildman–Crippen MR) is 94.9 cm³/mol. The van der Waals surface area contributed by atoms with E-state index in [0.29, 0.717) is 12.5 Å². The quantitative estimate of drug-likeness (QED) is 0.905. The second-order valence-electron chi connectivity index (χ2n) is 7.04. The lowest BCUT2D eigenvalue weighted by molar-refractivity contribution is -0.123. The van der Waals surface area contributed by atoms with Gasteiger partial charge >= 0.3 is 0 Å². The molecule has 5 nitrogen and oxygen atoms in total. The topological polar surface area (TPSA) is 60.7 Å². The SMILES string of the molecule is O=C(COc1ccc2oc3c(c2c1)CCCC3)NCC1CCCOC1. The van der Waals surface area contributed by atoms with E-state index < -0.39 is 0 Å². The predicted octanol–water partition coefficient (Wildman–Crippen LogP) is 3.23. The van der Waals surface area contributed by atoms with Gasteiger partial charge in [-0.2, -0.15) is 0 Å². The van der Waals surface area contributed by atoms with Crippen molar-refractivity contribution >= 4 is 16.9 Å². The Balaban J connectivity index is 1.33. The van der Waals surface area contributed by atoms with Gasteiger partial charge in [-0.05, 0) is 56.2 Å². The molecule has 1 aliphatic heterocycles. The largest absolute Gasteiger partial charge is 0.484 e. The van der Waals surface area contributed by atoms with E-state index in [0.717, 1.165) is 61.4 Å². The van der Waals surface area contributed by atoms with Crippen molar-refractivity contribution in [3.63, 3.8) is 0 Å². The zero-order valence-corrected chi connectivity index (χ0v) is 14.5. The Morgan fingerprint density at radius 3 is 3.04 bits per heavy atom. The Hall–Kier alpha value is -2.01. The molecule has 1 unspecified atom stereocenters. The lowest BCUT2D eigenvalue weighted by atomic mass is 9.96. The molecular formula is C20H25NO4. The third-order valence-corrected chi connectivity index (χ3v) is 5.14. The van der Waals surface area contributed by atoms with Crippen LogP contribution in [0, 0.1) is 5.92 Å². The highest BCUT2D eigenvalue weighted by molar-refractivity contribution is 5.84. The van der Waals surface area contributed by atoms with Crippen LogP contribution >= 0.6 is 0 Å². The molecule has 2 aliphatic rings. The summed E-state index contributed by atoms with van der Waals surface area (Å²) in [5.74, 6) is 2.18. The van der Waals surface area contributed by atoms with Crippen molar-refractivity contribution in [1.82, 2.24) is 5.32 Å². The number of hydrogen-bond acceptors (Lipinski definition) is 4. The summed E-state index contributed by atoms with van der Waals surface area (Å²) in [5.41, 5.74) is 2.23. The van der Waals surface area contributed by atoms with Gasteiger partial charge in [0, 0.05) is 30.5 Å². The summed E-state index contributed by atoms with van der Waals surface area (Å²) in [6, 6.07) is 5.82. The highest BCUT2D eigenvalue weighted by Crippen LogP contribution is 2.33. The molecule has 2 aromatic rings. The number of carbonyl (C=O) groups excluding carboxylic acids is 1. The van der Waals surface area contributed by atoms with Crippen molar-refractivity contribution in [2.75, 3.05) is 26.4 Å². The van der Waals surface area contributed by atoms with Crippen LogP contribution in [-0.2, 0) is 22.4 Å². The molecule has 2 heterocycles. The van der Waals surface area contributed by atoms with Crippen LogP contribution in [0.15, 0.2) is 22.6 Å². The van der Waals surface area contributed by atoms with E-state index in [-0.39, 0.29) is 12.5 Å². The van der Waals surface area contributed by atoms with E-state index in [9.17, 15) is 4.79 Å². The summed E-state index contributed by atoms with van der Waals surface area (Å²) in [6.45, 7) is 2.28. The van der Waals surface area contributed by atoms with Crippen LogP contribution in [0.2, 0.25) is 0 Å². The fourth-order valence-corrected chi connectivity index (χ4v) is 3.76. The second kappa shape index (κ2) is 7.48. The van der Waals surface area contributed by atoms with Crippen molar-refractivity contribution in [3.8, 4) is 5.75 Å². The van der Waals surface area contributed by atoms with Crippen molar-refractivity contribution < 1.29 is 18.7 Å². The molecule has 0 saturated carbocycles. The van der Waals surface area contributed by atoms with Crippen molar-refractivity contribution in [1.29, 1.82) is 0 Å². The van der Waals surface area contributed by atoms with Crippen LogP contribution in [0.25, 0.3) is 11.0 Å². The number of hydrogen-bond donors (Lipinski definition) is 1. The summed E-state index contributed by atoms with van der Waals surface area (Å²) in [6.07, 6.45) is 6.68. The van der Waals surface area contributed by atoms with Gasteiger partial charge in [-0.25, -0.2) is 0 Å². The molecule has 134 valence electrons. The minimum atomic E-state index is -0.0834. The Kier molecular flexibility index (Phi) is 4.92. The van der Waals surface area contributed by atoms with Crippen LogP contribution in [0.1, 0.15) is 37.0 Å². The Morgan fingerprint density at radius 2 is 2.16 bits per heavy atom. The molecule has 1 aromatic carbocycles. The summed E-state index contributed by atoms with van der Waals surface area (Å²) < 4.78 is 17.1. The maximum absolute atomic E-state index is 12.0. The summed E-state index contributed by atoms with van der Waals surface area (Å²) in [4.78, 5) is 12.0. The maximum atomic E-state index is 12.0. The van der Waals surface area contributed by atoms with Gasteiger partial charge in [0.25, 0.3) is 5.91 Å². The molecular weight excluding hydrogens is 318 g/mol. The van der Waals surface area contributed by atoms with Crippen LogP contribution in [0.3, 0.4) is 0 Å². The zero-order chi connectivity index (χ0) is 17.1. The smallest absolute Gasteiger partial charge is 0.257 e. The monoisotopic (exact) mass is 343 g/mol. The molecule has 0 bridgehead atoms. The Labute approximate surface area is 147 Å². The number of carbonyl (C=O) groups is 1. The first-order valence-corrected chi connectivity index (χ1v) is 9.31. The third-order valence-electron chi connectivity index (χ3n) is 5.14. The zero-order valence-electron chi connectivity index (χ0n) is 14.5. The first-order valence-electron chi connectivity index (χ1n) is 9.31. The molecule has 1 aliphatic carbocycles. The van der Waals surface area contributed by atoms with Gasteiger partial charge in [0.2, 0.25) is 0 Å². The molecule has 1 N–H and O–H groups in total. The van der Waals surface area contributed by atoms with E-state index in [1.165, 1.54) is 18.4 Å². The molecule has 0 spiro atoms.